The Kier molecular flexibility index (Phi) is 5.31. The predicted octanol–water partition coefficient (Wildman–Crippen LogP) is 2.35. The van der Waals surface area contributed by atoms with Crippen molar-refractivity contribution in [2.24, 2.45) is 0 Å². The molecule has 114 valence electrons. The summed E-state index contributed by atoms with van der Waals surface area (Å²) in [5, 5.41) is 19.5. The molecule has 0 atom stereocenters. The minimum absolute atomic E-state index is 0.0347. The largest absolute Gasteiger partial charge is 0.481 e. The van der Waals surface area contributed by atoms with E-state index in [1.807, 2.05) is 0 Å². The van der Waals surface area contributed by atoms with E-state index in [4.69, 9.17) is 5.11 Å². The second kappa shape index (κ2) is 7.41. The molecule has 0 spiro atoms. The lowest BCUT2D eigenvalue weighted by molar-refractivity contribution is -0.137. The van der Waals surface area contributed by atoms with Gasteiger partial charge in [0.15, 0.2) is 0 Å². The summed E-state index contributed by atoms with van der Waals surface area (Å²) in [5.41, 5.74) is 0.691. The molecule has 1 aromatic carbocycles. The minimum atomic E-state index is -0.914. The first-order valence-electron chi connectivity index (χ1n) is 6.32. The number of rotatable bonds is 6. The Morgan fingerprint density at radius 3 is 2.68 bits per heavy atom. The second-order valence-corrected chi connectivity index (χ2v) is 5.33. The highest BCUT2D eigenvalue weighted by molar-refractivity contribution is 7.15. The summed E-state index contributed by atoms with van der Waals surface area (Å²) in [6.45, 7) is 0. The number of carbonyl (C=O) groups excluding carboxylic acids is 1. The first-order valence-corrected chi connectivity index (χ1v) is 7.13. The van der Waals surface area contributed by atoms with Crippen molar-refractivity contribution < 1.29 is 19.1 Å². The standard InChI is InChI=1S/C14H12FN3O3S/c15-10-4-1-9(2-5-10)3-6-11(19)16-14-18-17-12(22-14)7-8-13(20)21/h1-6H,7-8H2,(H,20,21)(H,16,18,19)/b6-3+. The molecule has 8 heteroatoms. The van der Waals surface area contributed by atoms with Crippen LogP contribution in [0.25, 0.3) is 6.08 Å². The molecule has 0 aliphatic heterocycles. The summed E-state index contributed by atoms with van der Waals surface area (Å²) in [4.78, 5) is 22.2. The van der Waals surface area contributed by atoms with Gasteiger partial charge < -0.3 is 5.11 Å². The van der Waals surface area contributed by atoms with Crippen LogP contribution in [0.2, 0.25) is 0 Å². The molecule has 1 aromatic heterocycles. The van der Waals surface area contributed by atoms with Gasteiger partial charge >= 0.3 is 5.97 Å². The maximum absolute atomic E-state index is 12.7. The van der Waals surface area contributed by atoms with E-state index in [9.17, 15) is 14.0 Å². The Balaban J connectivity index is 1.89. The Morgan fingerprint density at radius 2 is 2.00 bits per heavy atom. The van der Waals surface area contributed by atoms with Crippen molar-refractivity contribution in [1.82, 2.24) is 10.2 Å². The molecule has 2 rings (SSSR count). The summed E-state index contributed by atoms with van der Waals surface area (Å²) < 4.78 is 12.7. The lowest BCUT2D eigenvalue weighted by Gasteiger charge is -1.95. The Labute approximate surface area is 129 Å². The lowest BCUT2D eigenvalue weighted by atomic mass is 10.2. The van der Waals surface area contributed by atoms with Gasteiger partial charge in [-0.2, -0.15) is 0 Å². The van der Waals surface area contributed by atoms with E-state index >= 15 is 0 Å². The second-order valence-electron chi connectivity index (χ2n) is 4.27. The number of amides is 1. The van der Waals surface area contributed by atoms with Crippen molar-refractivity contribution >= 4 is 34.4 Å². The molecule has 6 nitrogen and oxygen atoms in total. The quantitative estimate of drug-likeness (QED) is 0.797. The van der Waals surface area contributed by atoms with E-state index in [1.165, 1.54) is 18.2 Å². The summed E-state index contributed by atoms with van der Waals surface area (Å²) in [6, 6.07) is 5.70. The molecule has 0 bridgehead atoms. The number of hydrogen-bond acceptors (Lipinski definition) is 5. The maximum Gasteiger partial charge on any atom is 0.303 e. The monoisotopic (exact) mass is 321 g/mol. The number of halogens is 1. The van der Waals surface area contributed by atoms with Crippen LogP contribution in [0.1, 0.15) is 17.0 Å². The Morgan fingerprint density at radius 1 is 1.27 bits per heavy atom. The van der Waals surface area contributed by atoms with Crippen molar-refractivity contribution in [3.8, 4) is 0 Å². The fourth-order valence-corrected chi connectivity index (χ4v) is 2.25. The molecule has 1 heterocycles. The molecule has 0 saturated heterocycles. The van der Waals surface area contributed by atoms with Crippen LogP contribution in [0.15, 0.2) is 30.3 Å². The third-order valence-electron chi connectivity index (χ3n) is 2.55. The highest BCUT2D eigenvalue weighted by Crippen LogP contribution is 2.16. The summed E-state index contributed by atoms with van der Waals surface area (Å²) in [6.07, 6.45) is 3.08. The number of nitrogens with zero attached hydrogens (tertiary/aromatic N) is 2. The molecule has 0 radical (unpaired) electrons. The zero-order chi connectivity index (χ0) is 15.9. The molecular weight excluding hydrogens is 309 g/mol. The third-order valence-corrected chi connectivity index (χ3v) is 3.45. The number of carbonyl (C=O) groups is 2. The maximum atomic E-state index is 12.7. The van der Waals surface area contributed by atoms with Gasteiger partial charge in [0.1, 0.15) is 10.8 Å². The molecule has 0 fully saturated rings. The summed E-state index contributed by atoms with van der Waals surface area (Å²) >= 11 is 1.13. The number of nitrogens with one attached hydrogen (secondary N) is 1. The number of aliphatic carboxylic acids is 1. The van der Waals surface area contributed by atoms with E-state index in [1.54, 1.807) is 18.2 Å². The van der Waals surface area contributed by atoms with Crippen LogP contribution < -0.4 is 5.32 Å². The Hall–Kier alpha value is -2.61. The number of carboxylic acids is 1. The van der Waals surface area contributed by atoms with Crippen LogP contribution >= 0.6 is 11.3 Å². The normalized spacial score (nSPS) is 10.8. The molecule has 0 unspecified atom stereocenters. The fourth-order valence-electron chi connectivity index (χ4n) is 1.51. The smallest absolute Gasteiger partial charge is 0.303 e. The van der Waals surface area contributed by atoms with Crippen molar-refractivity contribution in [3.05, 3.63) is 46.7 Å². The van der Waals surface area contributed by atoms with Gasteiger partial charge in [-0.25, -0.2) is 4.39 Å². The van der Waals surface area contributed by atoms with Gasteiger partial charge in [-0.15, -0.1) is 10.2 Å². The van der Waals surface area contributed by atoms with E-state index in [2.05, 4.69) is 15.5 Å². The molecule has 2 N–H and O–H groups in total. The number of aromatic nitrogens is 2. The van der Waals surface area contributed by atoms with Gasteiger partial charge in [-0.1, -0.05) is 23.5 Å². The van der Waals surface area contributed by atoms with Crippen LogP contribution in [0.4, 0.5) is 9.52 Å². The average molecular weight is 321 g/mol. The fraction of sp³-hybridized carbons (Fsp3) is 0.143. The number of aryl methyl sites for hydroxylation is 1. The first-order chi connectivity index (χ1) is 10.5. The molecular formula is C14H12FN3O3S. The van der Waals surface area contributed by atoms with Crippen molar-refractivity contribution in [1.29, 1.82) is 0 Å². The van der Waals surface area contributed by atoms with Crippen LogP contribution in [-0.2, 0) is 16.0 Å². The molecule has 0 saturated carbocycles. The summed E-state index contributed by atoms with van der Waals surface area (Å²) in [7, 11) is 0. The topological polar surface area (TPSA) is 92.2 Å². The SMILES string of the molecule is O=C(O)CCc1nnc(NC(=O)/C=C/c2ccc(F)cc2)s1. The number of carboxylic acid groups (broad SMARTS) is 1. The van der Waals surface area contributed by atoms with E-state index in [-0.39, 0.29) is 18.7 Å². The highest BCUT2D eigenvalue weighted by Gasteiger charge is 2.07. The predicted molar refractivity (Wildman–Crippen MR) is 79.9 cm³/mol. The zero-order valence-corrected chi connectivity index (χ0v) is 12.1. The van der Waals surface area contributed by atoms with Crippen LogP contribution in [0.5, 0.6) is 0 Å². The van der Waals surface area contributed by atoms with Crippen molar-refractivity contribution in [3.63, 3.8) is 0 Å². The van der Waals surface area contributed by atoms with Gasteiger partial charge in [0.05, 0.1) is 6.42 Å². The van der Waals surface area contributed by atoms with Gasteiger partial charge in [0.2, 0.25) is 11.0 Å². The lowest BCUT2D eigenvalue weighted by Crippen LogP contribution is -2.07. The third kappa shape index (κ3) is 5.06. The number of anilines is 1. The number of benzene rings is 1. The van der Waals surface area contributed by atoms with Gasteiger partial charge in [-0.05, 0) is 23.8 Å². The minimum Gasteiger partial charge on any atom is -0.481 e. The van der Waals surface area contributed by atoms with E-state index in [0.717, 1.165) is 11.3 Å². The van der Waals surface area contributed by atoms with Gasteiger partial charge in [-0.3, -0.25) is 14.9 Å². The van der Waals surface area contributed by atoms with E-state index < -0.39 is 11.9 Å². The van der Waals surface area contributed by atoms with Gasteiger partial charge in [0.25, 0.3) is 0 Å². The number of hydrogen-bond donors (Lipinski definition) is 2. The molecule has 0 aliphatic carbocycles. The van der Waals surface area contributed by atoms with Crippen molar-refractivity contribution in [2.75, 3.05) is 5.32 Å². The molecule has 0 aliphatic rings. The van der Waals surface area contributed by atoms with Crippen molar-refractivity contribution in [2.45, 2.75) is 12.8 Å². The molecule has 22 heavy (non-hydrogen) atoms. The van der Waals surface area contributed by atoms with Crippen LogP contribution in [0, 0.1) is 5.82 Å². The van der Waals surface area contributed by atoms with E-state index in [0.29, 0.717) is 15.7 Å². The summed E-state index contributed by atoms with van der Waals surface area (Å²) in [5.74, 6) is -1.65. The van der Waals surface area contributed by atoms with Crippen LogP contribution in [0.3, 0.4) is 0 Å². The first kappa shape index (κ1) is 15.8. The van der Waals surface area contributed by atoms with Crippen LogP contribution in [-0.4, -0.2) is 27.2 Å². The molecule has 1 amide bonds. The highest BCUT2D eigenvalue weighted by atomic mass is 32.1. The average Bonchev–Trinajstić information content (AvgIpc) is 2.92. The zero-order valence-electron chi connectivity index (χ0n) is 11.3. The Bertz CT molecular complexity index is 698. The molecule has 2 aromatic rings. The van der Waals surface area contributed by atoms with Gasteiger partial charge in [0, 0.05) is 12.5 Å².